The minimum atomic E-state index is -1.00. The second-order valence-electron chi connectivity index (χ2n) is 11.2. The first-order valence-electron chi connectivity index (χ1n) is 15.2. The number of rotatable bonds is 12. The van der Waals surface area contributed by atoms with E-state index in [1.165, 1.54) is 4.90 Å². The van der Waals surface area contributed by atoms with E-state index in [1.807, 2.05) is 54.6 Å². The zero-order valence-corrected chi connectivity index (χ0v) is 26.0. The van der Waals surface area contributed by atoms with E-state index < -0.39 is 5.97 Å². The first-order valence-corrected chi connectivity index (χ1v) is 15.2. The topological polar surface area (TPSA) is 117 Å². The zero-order valence-electron chi connectivity index (χ0n) is 26.0. The number of fused-ring (bicyclic) bond motifs is 1. The molecule has 2 amide bonds. The molecule has 0 fully saturated rings. The number of aliphatic carboxylic acids is 1. The van der Waals surface area contributed by atoms with Gasteiger partial charge in [-0.3, -0.25) is 14.4 Å². The fourth-order valence-electron chi connectivity index (χ4n) is 5.97. The molecule has 0 unspecified atom stereocenters. The Morgan fingerprint density at radius 1 is 0.804 bits per heavy atom. The lowest BCUT2D eigenvalue weighted by atomic mass is 9.91. The van der Waals surface area contributed by atoms with Crippen LogP contribution in [0, 0.1) is 0 Å². The van der Waals surface area contributed by atoms with Crippen molar-refractivity contribution in [2.75, 3.05) is 33.9 Å². The molecular weight excluding hydrogens is 584 g/mol. The molecule has 0 aliphatic carbocycles. The number of carbonyl (C=O) groups excluding carboxylic acids is 2. The van der Waals surface area contributed by atoms with Gasteiger partial charge in [0.2, 0.25) is 0 Å². The number of aliphatic hydroxyl groups is 1. The van der Waals surface area contributed by atoms with Gasteiger partial charge >= 0.3 is 5.97 Å². The number of amides is 2. The molecule has 0 spiro atoms. The molecule has 4 aromatic carbocycles. The van der Waals surface area contributed by atoms with Crippen LogP contribution in [0.3, 0.4) is 0 Å². The Bertz CT molecular complexity index is 1720. The number of nitrogens with zero attached hydrogens (tertiary/aromatic N) is 2. The molecule has 9 heteroatoms. The third kappa shape index (κ3) is 7.05. The third-order valence-electron chi connectivity index (χ3n) is 8.43. The molecular formula is C37H38N2O7. The molecule has 9 nitrogen and oxygen atoms in total. The molecule has 5 rings (SSSR count). The van der Waals surface area contributed by atoms with Crippen LogP contribution in [0.25, 0.3) is 11.1 Å². The van der Waals surface area contributed by atoms with E-state index in [-0.39, 0.29) is 44.0 Å². The molecule has 1 atom stereocenters. The number of ether oxygens (including phenoxy) is 2. The summed E-state index contributed by atoms with van der Waals surface area (Å²) in [7, 11) is 3.11. The summed E-state index contributed by atoms with van der Waals surface area (Å²) in [5.41, 5.74) is 5.00. The molecule has 1 aliphatic heterocycles. The van der Waals surface area contributed by atoms with Gasteiger partial charge in [-0.2, -0.15) is 0 Å². The van der Waals surface area contributed by atoms with Crippen molar-refractivity contribution in [2.45, 2.75) is 31.8 Å². The predicted molar refractivity (Wildman–Crippen MR) is 174 cm³/mol. The maximum Gasteiger partial charge on any atom is 0.305 e. The second kappa shape index (κ2) is 14.8. The van der Waals surface area contributed by atoms with Gasteiger partial charge in [0, 0.05) is 30.8 Å². The largest absolute Gasteiger partial charge is 0.493 e. The maximum atomic E-state index is 14.2. The molecule has 1 aliphatic rings. The SMILES string of the molecule is COc1ccc(CCN(CCC(=O)O)C(=O)c2ccccc2-c2ccccc2C(=O)N2Cc3ccccc3C[C@H]2CO)cc1OC. The van der Waals surface area contributed by atoms with Gasteiger partial charge < -0.3 is 29.5 Å². The van der Waals surface area contributed by atoms with Crippen molar-refractivity contribution in [1.29, 1.82) is 0 Å². The van der Waals surface area contributed by atoms with Gasteiger partial charge in [0.25, 0.3) is 11.8 Å². The van der Waals surface area contributed by atoms with Crippen LogP contribution in [0.15, 0.2) is 91.0 Å². The van der Waals surface area contributed by atoms with E-state index in [0.29, 0.717) is 53.1 Å². The van der Waals surface area contributed by atoms with Crippen LogP contribution in [0.5, 0.6) is 11.5 Å². The number of hydrogen-bond acceptors (Lipinski definition) is 6. The molecule has 238 valence electrons. The summed E-state index contributed by atoms with van der Waals surface area (Å²) >= 11 is 0. The number of methoxy groups -OCH3 is 2. The van der Waals surface area contributed by atoms with Crippen molar-refractivity contribution >= 4 is 17.8 Å². The van der Waals surface area contributed by atoms with E-state index >= 15 is 0 Å². The highest BCUT2D eigenvalue weighted by atomic mass is 16.5. The number of hydrogen-bond donors (Lipinski definition) is 2. The average Bonchev–Trinajstić information content (AvgIpc) is 3.10. The number of carboxylic acid groups (broad SMARTS) is 1. The number of carbonyl (C=O) groups is 3. The van der Waals surface area contributed by atoms with E-state index in [9.17, 15) is 24.6 Å². The summed E-state index contributed by atoms with van der Waals surface area (Å²) in [5, 5.41) is 19.7. The Labute approximate surface area is 268 Å². The van der Waals surface area contributed by atoms with Crippen molar-refractivity contribution in [3.05, 3.63) is 119 Å². The van der Waals surface area contributed by atoms with Crippen LogP contribution < -0.4 is 9.47 Å². The first-order chi connectivity index (χ1) is 22.3. The number of aliphatic hydroxyl groups excluding tert-OH is 1. The highest BCUT2D eigenvalue weighted by Crippen LogP contribution is 2.32. The molecule has 0 saturated carbocycles. The van der Waals surface area contributed by atoms with Crippen LogP contribution in [-0.4, -0.2) is 77.8 Å². The summed E-state index contributed by atoms with van der Waals surface area (Å²) in [6, 6.07) is 27.3. The zero-order chi connectivity index (χ0) is 32.6. The van der Waals surface area contributed by atoms with Gasteiger partial charge in [0.05, 0.1) is 33.3 Å². The van der Waals surface area contributed by atoms with E-state index in [2.05, 4.69) is 0 Å². The smallest absolute Gasteiger partial charge is 0.305 e. The summed E-state index contributed by atoms with van der Waals surface area (Å²) < 4.78 is 10.8. The molecule has 0 radical (unpaired) electrons. The van der Waals surface area contributed by atoms with Gasteiger partial charge in [-0.05, 0) is 64.9 Å². The van der Waals surface area contributed by atoms with Gasteiger partial charge in [0.1, 0.15) is 0 Å². The molecule has 4 aromatic rings. The summed E-state index contributed by atoms with van der Waals surface area (Å²) in [4.78, 5) is 43.1. The minimum absolute atomic E-state index is 0.0156. The van der Waals surface area contributed by atoms with Crippen molar-refractivity contribution in [2.24, 2.45) is 0 Å². The van der Waals surface area contributed by atoms with E-state index in [0.717, 1.165) is 16.7 Å². The number of carboxylic acids is 1. The standard InChI is InChI=1S/C37H38N2O7/c1-45-33-16-15-25(21-34(33)46-2)17-19-38(20-18-35(41)42)36(43)31-13-7-5-11-29(31)30-12-6-8-14-32(30)37(44)39-23-27-10-4-3-9-26(27)22-28(39)24-40/h3-16,21,28,40H,17-20,22-24H2,1-2H3,(H,41,42)/t28-/m0/s1. The van der Waals surface area contributed by atoms with Crippen LogP contribution in [0.2, 0.25) is 0 Å². The minimum Gasteiger partial charge on any atom is -0.493 e. The fourth-order valence-corrected chi connectivity index (χ4v) is 5.97. The summed E-state index contributed by atoms with van der Waals surface area (Å²) in [6.07, 6.45) is 0.796. The van der Waals surface area contributed by atoms with Gasteiger partial charge in [0.15, 0.2) is 11.5 Å². The lowest BCUT2D eigenvalue weighted by Gasteiger charge is -2.36. The van der Waals surface area contributed by atoms with Crippen molar-refractivity contribution in [1.82, 2.24) is 9.80 Å². The molecule has 2 N–H and O–H groups in total. The van der Waals surface area contributed by atoms with Crippen LogP contribution in [0.1, 0.15) is 43.8 Å². The lowest BCUT2D eigenvalue weighted by molar-refractivity contribution is -0.137. The number of benzene rings is 4. The van der Waals surface area contributed by atoms with Crippen LogP contribution >= 0.6 is 0 Å². The highest BCUT2D eigenvalue weighted by molar-refractivity contribution is 6.06. The Morgan fingerprint density at radius 2 is 1.43 bits per heavy atom. The van der Waals surface area contributed by atoms with Crippen molar-refractivity contribution < 1.29 is 34.1 Å². The van der Waals surface area contributed by atoms with Gasteiger partial charge in [-0.1, -0.05) is 66.7 Å². The molecule has 1 heterocycles. The normalized spacial score (nSPS) is 13.9. The molecule has 0 bridgehead atoms. The van der Waals surface area contributed by atoms with E-state index in [4.69, 9.17) is 9.47 Å². The third-order valence-corrected chi connectivity index (χ3v) is 8.43. The molecule has 0 saturated heterocycles. The molecule has 0 aromatic heterocycles. The van der Waals surface area contributed by atoms with Crippen molar-refractivity contribution in [3.63, 3.8) is 0 Å². The first kappa shape index (κ1) is 32.2. The van der Waals surface area contributed by atoms with Crippen LogP contribution in [0.4, 0.5) is 0 Å². The monoisotopic (exact) mass is 622 g/mol. The predicted octanol–water partition coefficient (Wildman–Crippen LogP) is 5.09. The lowest BCUT2D eigenvalue weighted by Crippen LogP contribution is -2.46. The van der Waals surface area contributed by atoms with Crippen molar-refractivity contribution in [3.8, 4) is 22.6 Å². The van der Waals surface area contributed by atoms with Gasteiger partial charge in [-0.15, -0.1) is 0 Å². The van der Waals surface area contributed by atoms with Crippen LogP contribution in [-0.2, 0) is 24.2 Å². The quantitative estimate of drug-likeness (QED) is 0.226. The summed E-state index contributed by atoms with van der Waals surface area (Å²) in [6.45, 7) is 0.480. The average molecular weight is 623 g/mol. The summed E-state index contributed by atoms with van der Waals surface area (Å²) in [5.74, 6) is -0.418. The van der Waals surface area contributed by atoms with E-state index in [1.54, 1.807) is 55.5 Å². The fraction of sp³-hybridized carbons (Fsp3) is 0.270. The highest BCUT2D eigenvalue weighted by Gasteiger charge is 2.31. The molecule has 46 heavy (non-hydrogen) atoms. The Balaban J connectivity index is 1.46. The Hall–Kier alpha value is -5.15. The maximum absolute atomic E-state index is 14.2. The van der Waals surface area contributed by atoms with Gasteiger partial charge in [-0.25, -0.2) is 0 Å². The second-order valence-corrected chi connectivity index (χ2v) is 11.2. The Morgan fingerprint density at radius 3 is 2.11 bits per heavy atom. The Kier molecular flexibility index (Phi) is 10.3.